The summed E-state index contributed by atoms with van der Waals surface area (Å²) in [5.41, 5.74) is -0.0522. The van der Waals surface area contributed by atoms with E-state index in [2.05, 4.69) is 5.32 Å². The van der Waals surface area contributed by atoms with Crippen LogP contribution in [0.4, 0.5) is 0 Å². The number of piperidine rings is 1. The molecule has 0 radical (unpaired) electrons. The molecule has 6 nitrogen and oxygen atoms in total. The fourth-order valence-electron chi connectivity index (χ4n) is 3.16. The van der Waals surface area contributed by atoms with Crippen molar-refractivity contribution < 1.29 is 13.2 Å². The molecule has 2 fully saturated rings. The molecule has 1 aromatic rings. The van der Waals surface area contributed by atoms with Gasteiger partial charge in [0.25, 0.3) is 0 Å². The summed E-state index contributed by atoms with van der Waals surface area (Å²) in [6, 6.07) is 5.84. The molecular weight excluding hydrogens is 326 g/mol. The lowest BCUT2D eigenvalue weighted by atomic mass is 9.93. The molecule has 1 aromatic carbocycles. The molecule has 2 saturated heterocycles. The SMILES string of the molecule is N#Cc1c(Cl)cccc1S(=O)(=O)N1CCC[C@H]2C(=O)NC[C@H]21. The van der Waals surface area contributed by atoms with Gasteiger partial charge in [0, 0.05) is 13.1 Å². The van der Waals surface area contributed by atoms with Crippen LogP contribution in [-0.2, 0) is 14.8 Å². The highest BCUT2D eigenvalue weighted by Gasteiger charge is 2.46. The van der Waals surface area contributed by atoms with Crippen LogP contribution in [0.3, 0.4) is 0 Å². The van der Waals surface area contributed by atoms with E-state index < -0.39 is 16.1 Å². The Morgan fingerprint density at radius 1 is 1.41 bits per heavy atom. The number of benzene rings is 1. The minimum Gasteiger partial charge on any atom is -0.354 e. The van der Waals surface area contributed by atoms with Crippen LogP contribution in [0.15, 0.2) is 23.1 Å². The van der Waals surface area contributed by atoms with Gasteiger partial charge in [-0.2, -0.15) is 9.57 Å². The van der Waals surface area contributed by atoms with Gasteiger partial charge >= 0.3 is 0 Å². The monoisotopic (exact) mass is 339 g/mol. The van der Waals surface area contributed by atoms with Gasteiger partial charge in [-0.05, 0) is 25.0 Å². The summed E-state index contributed by atoms with van der Waals surface area (Å²) in [6.07, 6.45) is 1.31. The average Bonchev–Trinajstić information content (AvgIpc) is 2.88. The fourth-order valence-corrected chi connectivity index (χ4v) is 5.30. The van der Waals surface area contributed by atoms with Gasteiger partial charge in [-0.15, -0.1) is 0 Å². The van der Waals surface area contributed by atoms with Crippen molar-refractivity contribution in [2.24, 2.45) is 5.92 Å². The van der Waals surface area contributed by atoms with E-state index >= 15 is 0 Å². The van der Waals surface area contributed by atoms with Crippen LogP contribution in [0, 0.1) is 17.2 Å². The van der Waals surface area contributed by atoms with Crippen molar-refractivity contribution in [2.75, 3.05) is 13.1 Å². The van der Waals surface area contributed by atoms with E-state index in [1.54, 1.807) is 0 Å². The second-order valence-corrected chi connectivity index (χ2v) is 7.67. The van der Waals surface area contributed by atoms with E-state index in [0.29, 0.717) is 25.9 Å². The highest BCUT2D eigenvalue weighted by Crippen LogP contribution is 2.34. The maximum Gasteiger partial charge on any atom is 0.244 e. The maximum atomic E-state index is 12.9. The summed E-state index contributed by atoms with van der Waals surface area (Å²) in [5.74, 6) is -0.412. The van der Waals surface area contributed by atoms with Gasteiger partial charge in [0.1, 0.15) is 11.0 Å². The minimum absolute atomic E-state index is 0.0522. The minimum atomic E-state index is -3.87. The molecule has 2 aliphatic rings. The second-order valence-electron chi connectivity index (χ2n) is 5.40. The summed E-state index contributed by atoms with van der Waals surface area (Å²) in [5, 5.41) is 12.0. The number of fused-ring (bicyclic) bond motifs is 1. The number of halogens is 1. The Balaban J connectivity index is 2.06. The van der Waals surface area contributed by atoms with Crippen molar-refractivity contribution >= 4 is 27.5 Å². The number of hydrogen-bond acceptors (Lipinski definition) is 4. The molecule has 2 aliphatic heterocycles. The third-order valence-electron chi connectivity index (χ3n) is 4.22. The molecule has 22 heavy (non-hydrogen) atoms. The van der Waals surface area contributed by atoms with Crippen LogP contribution in [0.25, 0.3) is 0 Å². The van der Waals surface area contributed by atoms with E-state index in [4.69, 9.17) is 11.6 Å². The van der Waals surface area contributed by atoms with Crippen molar-refractivity contribution in [3.05, 3.63) is 28.8 Å². The molecule has 1 amide bonds. The van der Waals surface area contributed by atoms with Crippen LogP contribution in [0.1, 0.15) is 18.4 Å². The van der Waals surface area contributed by atoms with Gasteiger partial charge in [-0.3, -0.25) is 4.79 Å². The third-order valence-corrected chi connectivity index (χ3v) is 6.51. The molecule has 0 saturated carbocycles. The first-order valence-corrected chi connectivity index (χ1v) is 8.77. The summed E-state index contributed by atoms with van der Waals surface area (Å²) in [7, 11) is -3.87. The van der Waals surface area contributed by atoms with Crippen molar-refractivity contribution in [1.82, 2.24) is 9.62 Å². The number of nitriles is 1. The van der Waals surface area contributed by atoms with Crippen LogP contribution in [0.5, 0.6) is 0 Å². The van der Waals surface area contributed by atoms with Gasteiger partial charge in [-0.1, -0.05) is 17.7 Å². The first kappa shape index (κ1) is 15.3. The first-order chi connectivity index (χ1) is 10.5. The fraction of sp³-hybridized carbons (Fsp3) is 0.429. The molecule has 0 aliphatic carbocycles. The highest BCUT2D eigenvalue weighted by molar-refractivity contribution is 7.89. The van der Waals surface area contributed by atoms with Gasteiger partial charge in [0.15, 0.2) is 0 Å². The topological polar surface area (TPSA) is 90.3 Å². The Bertz CT molecular complexity index is 772. The molecule has 8 heteroatoms. The third kappa shape index (κ3) is 2.28. The zero-order valence-electron chi connectivity index (χ0n) is 11.6. The maximum absolute atomic E-state index is 12.9. The second kappa shape index (κ2) is 5.54. The summed E-state index contributed by atoms with van der Waals surface area (Å²) in [4.78, 5) is 11.7. The Labute approximate surface area is 133 Å². The van der Waals surface area contributed by atoms with Crippen LogP contribution in [0.2, 0.25) is 5.02 Å². The number of nitrogens with one attached hydrogen (secondary N) is 1. The molecule has 0 bridgehead atoms. The highest BCUT2D eigenvalue weighted by atomic mass is 35.5. The lowest BCUT2D eigenvalue weighted by molar-refractivity contribution is -0.123. The van der Waals surface area contributed by atoms with Gasteiger partial charge in [0.05, 0.1) is 22.5 Å². The molecule has 0 aromatic heterocycles. The lowest BCUT2D eigenvalue weighted by Crippen LogP contribution is -2.48. The Kier molecular flexibility index (Phi) is 3.85. The molecule has 0 spiro atoms. The quantitative estimate of drug-likeness (QED) is 0.874. The average molecular weight is 340 g/mol. The summed E-state index contributed by atoms with van der Waals surface area (Å²) in [6.45, 7) is 0.654. The first-order valence-electron chi connectivity index (χ1n) is 6.95. The molecule has 1 N–H and O–H groups in total. The number of carbonyl (C=O) groups excluding carboxylic acids is 1. The smallest absolute Gasteiger partial charge is 0.244 e. The Morgan fingerprint density at radius 2 is 2.18 bits per heavy atom. The van der Waals surface area contributed by atoms with Crippen LogP contribution < -0.4 is 5.32 Å². The molecule has 2 heterocycles. The number of carbonyl (C=O) groups is 1. The predicted octanol–water partition coefficient (Wildman–Crippen LogP) is 1.11. The van der Waals surface area contributed by atoms with E-state index in [0.717, 1.165) is 0 Å². The number of rotatable bonds is 2. The van der Waals surface area contributed by atoms with Gasteiger partial charge in [-0.25, -0.2) is 8.42 Å². The van der Waals surface area contributed by atoms with Crippen molar-refractivity contribution in [1.29, 1.82) is 5.26 Å². The largest absolute Gasteiger partial charge is 0.354 e. The van der Waals surface area contributed by atoms with Crippen molar-refractivity contribution in [2.45, 2.75) is 23.8 Å². The van der Waals surface area contributed by atoms with Crippen molar-refractivity contribution in [3.8, 4) is 6.07 Å². The molecule has 2 atom stereocenters. The molecular formula is C14H14ClN3O3S. The normalized spacial score (nSPS) is 25.4. The zero-order valence-corrected chi connectivity index (χ0v) is 13.2. The number of amides is 1. The molecule has 0 unspecified atom stereocenters. The van der Waals surface area contributed by atoms with Gasteiger partial charge < -0.3 is 5.32 Å². The van der Waals surface area contributed by atoms with Gasteiger partial charge in [0.2, 0.25) is 15.9 Å². The Morgan fingerprint density at radius 3 is 2.91 bits per heavy atom. The van der Waals surface area contributed by atoms with E-state index in [-0.39, 0.29) is 27.3 Å². The summed E-state index contributed by atoms with van der Waals surface area (Å²) >= 11 is 5.94. The zero-order chi connectivity index (χ0) is 15.9. The molecule has 3 rings (SSSR count). The standard InChI is InChI=1S/C14H14ClN3O3S/c15-11-4-1-5-13(10(11)7-16)22(20,21)18-6-2-3-9-12(18)8-17-14(9)19/h1,4-5,9,12H,2-3,6,8H2,(H,17,19)/t9-,12-/m1/s1. The number of nitrogens with zero attached hydrogens (tertiary/aromatic N) is 2. The predicted molar refractivity (Wildman–Crippen MR) is 79.6 cm³/mol. The number of sulfonamides is 1. The van der Waals surface area contributed by atoms with Crippen LogP contribution >= 0.6 is 11.6 Å². The van der Waals surface area contributed by atoms with Crippen LogP contribution in [-0.4, -0.2) is 37.8 Å². The van der Waals surface area contributed by atoms with E-state index in [9.17, 15) is 18.5 Å². The van der Waals surface area contributed by atoms with E-state index in [1.807, 2.05) is 6.07 Å². The number of hydrogen-bond donors (Lipinski definition) is 1. The van der Waals surface area contributed by atoms with Crippen molar-refractivity contribution in [3.63, 3.8) is 0 Å². The Hall–Kier alpha value is -1.62. The lowest BCUT2D eigenvalue weighted by Gasteiger charge is -2.34. The van der Waals surface area contributed by atoms with E-state index in [1.165, 1.54) is 22.5 Å². The molecule has 116 valence electrons. The summed E-state index contributed by atoms with van der Waals surface area (Å²) < 4.78 is 27.2.